The average Bonchev–Trinajstić information content (AvgIpc) is 3.83. The molecule has 0 saturated carbocycles. The molecular weight excluding hydrogens is 757 g/mol. The Morgan fingerprint density at radius 1 is 1.22 bits per heavy atom. The number of rotatable bonds is 11. The van der Waals surface area contributed by atoms with Crippen molar-refractivity contribution in [1.29, 1.82) is 5.41 Å². The van der Waals surface area contributed by atoms with Gasteiger partial charge in [-0.3, -0.25) is 20.1 Å². The first kappa shape index (κ1) is 35.9. The van der Waals surface area contributed by atoms with Crippen molar-refractivity contribution in [3.05, 3.63) is 41.9 Å². The van der Waals surface area contributed by atoms with E-state index in [1.165, 1.54) is 18.5 Å². The van der Waals surface area contributed by atoms with Crippen LogP contribution in [0.15, 0.2) is 35.5 Å². The molecule has 2 atom stereocenters. The van der Waals surface area contributed by atoms with Gasteiger partial charge in [-0.2, -0.15) is 9.97 Å². The van der Waals surface area contributed by atoms with E-state index in [2.05, 4.69) is 24.8 Å². The maximum atomic E-state index is 16.7. The number of aromatic nitrogens is 4. The number of likely N-dealkylation sites (N-methyl/N-ethyl adjacent to an activating group) is 1. The van der Waals surface area contributed by atoms with Gasteiger partial charge in [0.1, 0.15) is 35.3 Å². The van der Waals surface area contributed by atoms with Crippen molar-refractivity contribution in [3.8, 4) is 17.4 Å². The van der Waals surface area contributed by atoms with Crippen LogP contribution in [0.3, 0.4) is 0 Å². The molecule has 6 heterocycles. The highest BCUT2D eigenvalue weighted by Crippen LogP contribution is 2.40. The Balaban J connectivity index is 1.32. The molecule has 3 aromatic rings. The number of anilines is 2. The number of hydrogen-bond donors (Lipinski definition) is 2. The lowest BCUT2D eigenvalue weighted by atomic mass is 9.95. The van der Waals surface area contributed by atoms with Gasteiger partial charge in [0.2, 0.25) is 5.91 Å². The molecule has 3 saturated heterocycles. The van der Waals surface area contributed by atoms with Crippen molar-refractivity contribution in [3.63, 3.8) is 0 Å². The van der Waals surface area contributed by atoms with Gasteiger partial charge in [-0.25, -0.2) is 18.8 Å². The van der Waals surface area contributed by atoms with Crippen LogP contribution in [-0.2, 0) is 11.2 Å². The zero-order chi connectivity index (χ0) is 35.6. The molecule has 3 aliphatic rings. The maximum Gasteiger partial charge on any atom is 0.319 e. The van der Waals surface area contributed by atoms with Gasteiger partial charge in [-0.15, -0.1) is 0 Å². The maximum absolute atomic E-state index is 16.7. The molecule has 3 N–H and O–H groups in total. The minimum Gasteiger partial charge on any atom is -0.461 e. The summed E-state index contributed by atoms with van der Waals surface area (Å²) in [4.78, 5) is 41.4. The topological polar surface area (TPSA) is 150 Å². The summed E-state index contributed by atoms with van der Waals surface area (Å²) in [6, 6.07) is 3.13. The van der Waals surface area contributed by atoms with Crippen LogP contribution in [0.5, 0.6) is 6.01 Å². The van der Waals surface area contributed by atoms with E-state index in [4.69, 9.17) is 20.9 Å². The van der Waals surface area contributed by atoms with Crippen LogP contribution in [-0.4, -0.2) is 103 Å². The molecule has 50 heavy (non-hydrogen) atoms. The lowest BCUT2D eigenvalue weighted by molar-refractivity contribution is -0.125. The number of amidine groups is 1. The number of alkyl halides is 2. The van der Waals surface area contributed by atoms with Gasteiger partial charge < -0.3 is 20.3 Å². The van der Waals surface area contributed by atoms with Gasteiger partial charge in [0.05, 0.1) is 16.6 Å². The molecule has 1 unspecified atom stereocenters. The predicted molar refractivity (Wildman–Crippen MR) is 199 cm³/mol. The van der Waals surface area contributed by atoms with Gasteiger partial charge in [0.15, 0.2) is 10.00 Å². The fourth-order valence-electron chi connectivity index (χ4n) is 7.15. The number of nitrogens with two attached hydrogens (primary N) is 1. The number of fused-ring (bicyclic) bond motifs is 2. The number of amides is 1. The van der Waals surface area contributed by atoms with E-state index < -0.39 is 10.00 Å². The first-order chi connectivity index (χ1) is 24.0. The summed E-state index contributed by atoms with van der Waals surface area (Å²) in [6.45, 7) is 7.18. The minimum absolute atomic E-state index is 0.000230. The van der Waals surface area contributed by atoms with Crippen LogP contribution in [0.1, 0.15) is 51.5 Å². The number of ether oxygens (including phenoxy) is 1. The highest BCUT2D eigenvalue weighted by atomic mass is 127. The van der Waals surface area contributed by atoms with E-state index in [1.54, 1.807) is 45.7 Å². The molecule has 12 nitrogen and oxygen atoms in total. The zero-order valence-electron chi connectivity index (χ0n) is 28.6. The number of carbonyl (C=O) groups excluding carboxylic acids is 1. The largest absolute Gasteiger partial charge is 0.461 e. The summed E-state index contributed by atoms with van der Waals surface area (Å²) in [5, 5.41) is 8.21. The second-order valence-electron chi connectivity index (χ2n) is 13.6. The number of nitrogen functional groups attached to an aromatic ring is 1. The van der Waals surface area contributed by atoms with Crippen molar-refractivity contribution >= 4 is 63.1 Å². The summed E-state index contributed by atoms with van der Waals surface area (Å²) in [7, 11) is 1.86. The Kier molecular flexibility index (Phi) is 10.9. The molecule has 6 rings (SSSR count). The average molecular weight is 801 g/mol. The molecule has 0 aromatic carbocycles. The van der Waals surface area contributed by atoms with Crippen LogP contribution >= 0.6 is 22.6 Å². The Morgan fingerprint density at radius 3 is 2.70 bits per heavy atom. The van der Waals surface area contributed by atoms with E-state index in [9.17, 15) is 9.18 Å². The van der Waals surface area contributed by atoms with Gasteiger partial charge in [-0.05, 0) is 85.5 Å². The molecule has 3 aliphatic heterocycles. The molecule has 1 amide bonds. The number of hydrogen-bond acceptors (Lipinski definition) is 10. The van der Waals surface area contributed by atoms with Crippen molar-refractivity contribution in [2.24, 2.45) is 10.9 Å². The zero-order valence-corrected chi connectivity index (χ0v) is 30.7. The third-order valence-corrected chi connectivity index (χ3v) is 10.4. The van der Waals surface area contributed by atoms with Crippen LogP contribution in [0.4, 0.5) is 20.4 Å². The number of nitrogens with zero attached hydrogens (tertiary/aromatic N) is 8. The normalized spacial score (nSPS) is 19.7. The van der Waals surface area contributed by atoms with E-state index in [0.29, 0.717) is 42.9 Å². The van der Waals surface area contributed by atoms with Crippen molar-refractivity contribution in [1.82, 2.24) is 29.7 Å². The van der Waals surface area contributed by atoms with E-state index in [0.717, 1.165) is 38.8 Å². The number of pyridine rings is 2. The summed E-state index contributed by atoms with van der Waals surface area (Å²) < 4.78 is 35.9. The molecule has 266 valence electrons. The first-order valence-electron chi connectivity index (χ1n) is 17.0. The van der Waals surface area contributed by atoms with Gasteiger partial charge in [0.25, 0.3) is 0 Å². The van der Waals surface area contributed by atoms with Gasteiger partial charge in [0, 0.05) is 57.0 Å². The first-order valence-corrected chi connectivity index (χ1v) is 18.3. The fourth-order valence-corrected chi connectivity index (χ4v) is 7.63. The van der Waals surface area contributed by atoms with E-state index in [1.807, 2.05) is 25.8 Å². The number of nitrogens with one attached hydrogen (secondary N) is 1. The Labute approximate surface area is 304 Å². The van der Waals surface area contributed by atoms with Crippen molar-refractivity contribution in [2.45, 2.75) is 68.1 Å². The van der Waals surface area contributed by atoms with Crippen molar-refractivity contribution < 1.29 is 18.3 Å². The number of carbonyl (C=O) groups is 1. The van der Waals surface area contributed by atoms with Gasteiger partial charge in [-0.1, -0.05) is 19.9 Å². The summed E-state index contributed by atoms with van der Waals surface area (Å²) >= 11 is 1.67. The minimum atomic E-state index is -1.21. The quantitative estimate of drug-likeness (QED) is 0.0857. The van der Waals surface area contributed by atoms with Crippen LogP contribution in [0.25, 0.3) is 22.3 Å². The number of likely N-dealkylation sites (tertiary alicyclic amines) is 1. The summed E-state index contributed by atoms with van der Waals surface area (Å²) in [6.07, 6.45) is 10.9. The molecule has 15 heteroatoms. The lowest BCUT2D eigenvalue weighted by Crippen LogP contribution is -2.43. The molecule has 3 aromatic heterocycles. The lowest BCUT2D eigenvalue weighted by Gasteiger charge is -2.31. The summed E-state index contributed by atoms with van der Waals surface area (Å²) in [5.74, 6) is -0.0566. The standard InChI is InChI=1S/C35H43F2IN10O2/c1-21(2)32(40)41-13-4-7-27(49)47-16-10-23(19-47)46(3)33-24-18-42-31(29-22(17-25(36)38)8-9-26(39)43-29)28(37)30(24)44-34(45-33)50-20-35-11-5-14-48(35)15-6-12-35/h4,7-9,13,18,21,23,25,40H,5-6,10-12,14-17,19-20H2,1-3H3,(H2,39,43)/b7-4+,40-32?,41-13?/t23-,25?/m1/s1. The molecule has 3 fully saturated rings. The fraction of sp³-hybridized carbons (Fsp3) is 0.514. The smallest absolute Gasteiger partial charge is 0.319 e. The van der Waals surface area contributed by atoms with Crippen LogP contribution in [0, 0.1) is 17.1 Å². The van der Waals surface area contributed by atoms with Crippen molar-refractivity contribution in [2.75, 3.05) is 50.5 Å². The molecule has 0 aliphatic carbocycles. The predicted octanol–water partition coefficient (Wildman–Crippen LogP) is 5.39. The second-order valence-corrected chi connectivity index (χ2v) is 14.9. The van der Waals surface area contributed by atoms with E-state index >= 15 is 4.39 Å². The third kappa shape index (κ3) is 7.57. The molecule has 0 radical (unpaired) electrons. The monoisotopic (exact) mass is 800 g/mol. The Morgan fingerprint density at radius 2 is 1.98 bits per heavy atom. The highest BCUT2D eigenvalue weighted by Gasteiger charge is 2.45. The SMILES string of the molecule is CC(C)C(=N)N=C/C=C/C(=O)N1CC[C@@H](N(C)c2nc(OCC34CCCN3CCC4)nc3c(F)c(-c4nc(N)ccc4CC(F)I)ncc23)C1. The Bertz CT molecular complexity index is 1810. The third-order valence-electron chi connectivity index (χ3n) is 9.97. The summed E-state index contributed by atoms with van der Waals surface area (Å²) in [5.41, 5.74) is 6.48. The number of halogens is 3. The molecule has 0 bridgehead atoms. The van der Waals surface area contributed by atoms with E-state index in [-0.39, 0.29) is 64.4 Å². The Hall–Kier alpha value is -3.86. The van der Waals surface area contributed by atoms with Gasteiger partial charge >= 0.3 is 6.01 Å². The second kappa shape index (κ2) is 15.2. The van der Waals surface area contributed by atoms with Crippen LogP contribution < -0.4 is 15.4 Å². The number of aliphatic imine (C=N–C) groups is 1. The molecular formula is C35H43F2IN10O2. The molecule has 0 spiro atoms. The highest BCUT2D eigenvalue weighted by molar-refractivity contribution is 14.1. The number of allylic oxidation sites excluding steroid dienone is 1. The van der Waals surface area contributed by atoms with Crippen LogP contribution in [0.2, 0.25) is 0 Å².